The van der Waals surface area contributed by atoms with E-state index in [2.05, 4.69) is 0 Å². The summed E-state index contributed by atoms with van der Waals surface area (Å²) in [6, 6.07) is 13.8. The second kappa shape index (κ2) is 8.92. The standard InChI is InChI=1S/C23H25NO5/c1-15-14-17(10-11-18(15)29-3)21(25)19-20(16-8-5-4-6-9-16)24(12-7-13-28-2)23(27)22(19)26/h4-6,8-11,14,20,25H,7,12-13H2,1-3H3/t20-/m0/s1. The first-order valence-electron chi connectivity index (χ1n) is 9.47. The molecule has 0 aromatic heterocycles. The summed E-state index contributed by atoms with van der Waals surface area (Å²) < 4.78 is 10.4. The number of Topliss-reactive ketones (excluding diaryl/α,β-unsaturated/α-hetero) is 1. The van der Waals surface area contributed by atoms with Gasteiger partial charge in [-0.3, -0.25) is 9.59 Å². The van der Waals surface area contributed by atoms with E-state index in [4.69, 9.17) is 9.47 Å². The Morgan fingerprint density at radius 1 is 1.10 bits per heavy atom. The van der Waals surface area contributed by atoms with Gasteiger partial charge in [-0.2, -0.15) is 0 Å². The zero-order chi connectivity index (χ0) is 21.0. The summed E-state index contributed by atoms with van der Waals surface area (Å²) in [6.45, 7) is 2.69. The predicted octanol–water partition coefficient (Wildman–Crippen LogP) is 3.46. The van der Waals surface area contributed by atoms with Crippen LogP contribution in [0.5, 0.6) is 5.75 Å². The Labute approximate surface area is 170 Å². The number of aliphatic hydroxyl groups excluding tert-OH is 1. The molecule has 0 saturated carbocycles. The molecule has 1 fully saturated rings. The number of amides is 1. The van der Waals surface area contributed by atoms with E-state index in [1.165, 1.54) is 4.90 Å². The van der Waals surface area contributed by atoms with Crippen molar-refractivity contribution in [3.05, 3.63) is 70.8 Å². The molecule has 1 amide bonds. The third-order valence-electron chi connectivity index (χ3n) is 5.07. The highest BCUT2D eigenvalue weighted by Gasteiger charge is 2.45. The SMILES string of the molecule is COCCCN1C(=O)C(=O)C(=C(O)c2ccc(OC)c(C)c2)[C@@H]1c1ccccc1. The summed E-state index contributed by atoms with van der Waals surface area (Å²) in [4.78, 5) is 27.2. The number of benzene rings is 2. The summed E-state index contributed by atoms with van der Waals surface area (Å²) in [5, 5.41) is 11.0. The maximum Gasteiger partial charge on any atom is 0.295 e. The van der Waals surface area contributed by atoms with Crippen molar-refractivity contribution in [2.24, 2.45) is 0 Å². The van der Waals surface area contributed by atoms with E-state index < -0.39 is 17.7 Å². The van der Waals surface area contributed by atoms with E-state index in [1.807, 2.05) is 37.3 Å². The normalized spacial score (nSPS) is 18.3. The Bertz CT molecular complexity index is 936. The molecular weight excluding hydrogens is 370 g/mol. The van der Waals surface area contributed by atoms with Gasteiger partial charge in [-0.25, -0.2) is 0 Å². The monoisotopic (exact) mass is 395 g/mol. The molecule has 29 heavy (non-hydrogen) atoms. The number of ketones is 1. The summed E-state index contributed by atoms with van der Waals surface area (Å²) in [5.74, 6) is -0.789. The molecule has 2 aromatic rings. The van der Waals surface area contributed by atoms with Crippen LogP contribution in [0.2, 0.25) is 0 Å². The van der Waals surface area contributed by atoms with E-state index in [0.29, 0.717) is 30.9 Å². The number of rotatable bonds is 7. The van der Waals surface area contributed by atoms with Crippen LogP contribution in [0.4, 0.5) is 0 Å². The highest BCUT2D eigenvalue weighted by molar-refractivity contribution is 6.46. The number of likely N-dealkylation sites (tertiary alicyclic amines) is 1. The van der Waals surface area contributed by atoms with E-state index in [1.54, 1.807) is 32.4 Å². The number of methoxy groups -OCH3 is 2. The lowest BCUT2D eigenvalue weighted by Crippen LogP contribution is -2.31. The van der Waals surface area contributed by atoms with Crippen molar-refractivity contribution in [3.8, 4) is 5.75 Å². The molecule has 0 unspecified atom stereocenters. The van der Waals surface area contributed by atoms with Crippen LogP contribution in [0.15, 0.2) is 54.1 Å². The van der Waals surface area contributed by atoms with Crippen molar-refractivity contribution in [2.75, 3.05) is 27.4 Å². The van der Waals surface area contributed by atoms with Gasteiger partial charge in [0.15, 0.2) is 0 Å². The molecule has 3 rings (SSSR count). The molecule has 1 aliphatic heterocycles. The number of aliphatic hydroxyl groups is 1. The summed E-state index contributed by atoms with van der Waals surface area (Å²) in [5.41, 5.74) is 2.17. The number of hydrogen-bond acceptors (Lipinski definition) is 5. The van der Waals surface area contributed by atoms with E-state index >= 15 is 0 Å². The fraction of sp³-hybridized carbons (Fsp3) is 0.304. The number of aryl methyl sites for hydroxylation is 1. The summed E-state index contributed by atoms with van der Waals surface area (Å²) in [6.07, 6.45) is 0.592. The number of nitrogens with zero attached hydrogens (tertiary/aromatic N) is 1. The van der Waals surface area contributed by atoms with Crippen LogP contribution in [0.1, 0.15) is 29.2 Å². The lowest BCUT2D eigenvalue weighted by atomic mass is 9.95. The minimum absolute atomic E-state index is 0.100. The lowest BCUT2D eigenvalue weighted by molar-refractivity contribution is -0.140. The van der Waals surface area contributed by atoms with Crippen LogP contribution in [-0.2, 0) is 14.3 Å². The minimum Gasteiger partial charge on any atom is -0.507 e. The second-order valence-corrected chi connectivity index (χ2v) is 6.93. The number of hydrogen-bond donors (Lipinski definition) is 1. The molecule has 1 atom stereocenters. The minimum atomic E-state index is -0.678. The highest BCUT2D eigenvalue weighted by Crippen LogP contribution is 2.39. The van der Waals surface area contributed by atoms with Crippen molar-refractivity contribution in [1.29, 1.82) is 0 Å². The Kier molecular flexibility index (Phi) is 6.34. The molecule has 0 spiro atoms. The zero-order valence-electron chi connectivity index (χ0n) is 16.8. The Morgan fingerprint density at radius 3 is 2.45 bits per heavy atom. The average Bonchev–Trinajstić information content (AvgIpc) is 2.99. The number of carbonyl (C=O) groups is 2. The van der Waals surface area contributed by atoms with E-state index in [-0.39, 0.29) is 11.3 Å². The quantitative estimate of drug-likeness (QED) is 0.336. The highest BCUT2D eigenvalue weighted by atomic mass is 16.5. The van der Waals surface area contributed by atoms with Gasteiger partial charge < -0.3 is 19.5 Å². The summed E-state index contributed by atoms with van der Waals surface area (Å²) >= 11 is 0. The maximum atomic E-state index is 12.9. The van der Waals surface area contributed by atoms with Gasteiger partial charge in [-0.05, 0) is 42.7 Å². The molecule has 152 valence electrons. The van der Waals surface area contributed by atoms with Crippen LogP contribution < -0.4 is 4.74 Å². The number of ether oxygens (including phenoxy) is 2. The topological polar surface area (TPSA) is 76.1 Å². The Balaban J connectivity index is 2.11. The zero-order valence-corrected chi connectivity index (χ0v) is 16.8. The fourth-order valence-corrected chi connectivity index (χ4v) is 3.65. The third-order valence-corrected chi connectivity index (χ3v) is 5.07. The third kappa shape index (κ3) is 4.03. The molecule has 0 bridgehead atoms. The van der Waals surface area contributed by atoms with E-state index in [0.717, 1.165) is 11.1 Å². The first-order valence-corrected chi connectivity index (χ1v) is 9.47. The van der Waals surface area contributed by atoms with Crippen LogP contribution >= 0.6 is 0 Å². The smallest absolute Gasteiger partial charge is 0.295 e. The molecule has 1 saturated heterocycles. The molecule has 1 N–H and O–H groups in total. The maximum absolute atomic E-state index is 12.9. The van der Waals surface area contributed by atoms with Gasteiger partial charge >= 0.3 is 0 Å². The van der Waals surface area contributed by atoms with Gasteiger partial charge in [0.2, 0.25) is 0 Å². The Morgan fingerprint density at radius 2 is 1.83 bits per heavy atom. The molecule has 2 aromatic carbocycles. The lowest BCUT2D eigenvalue weighted by Gasteiger charge is -2.25. The van der Waals surface area contributed by atoms with Gasteiger partial charge in [0.25, 0.3) is 11.7 Å². The second-order valence-electron chi connectivity index (χ2n) is 6.93. The number of carbonyl (C=O) groups excluding carboxylic acids is 2. The average molecular weight is 395 g/mol. The predicted molar refractivity (Wildman–Crippen MR) is 110 cm³/mol. The van der Waals surface area contributed by atoms with Crippen molar-refractivity contribution in [2.45, 2.75) is 19.4 Å². The van der Waals surface area contributed by atoms with Crippen molar-refractivity contribution >= 4 is 17.4 Å². The van der Waals surface area contributed by atoms with Crippen molar-refractivity contribution < 1.29 is 24.2 Å². The molecule has 1 aliphatic rings. The molecule has 0 aliphatic carbocycles. The van der Waals surface area contributed by atoms with Gasteiger partial charge in [0, 0.05) is 25.8 Å². The Hall–Kier alpha value is -3.12. The molecule has 1 heterocycles. The van der Waals surface area contributed by atoms with Gasteiger partial charge in [0.05, 0.1) is 18.7 Å². The molecule has 0 radical (unpaired) electrons. The molecule has 6 heteroatoms. The van der Waals surface area contributed by atoms with Gasteiger partial charge in [0.1, 0.15) is 11.5 Å². The van der Waals surface area contributed by atoms with E-state index in [9.17, 15) is 14.7 Å². The van der Waals surface area contributed by atoms with Crippen LogP contribution in [-0.4, -0.2) is 49.1 Å². The molecule has 6 nitrogen and oxygen atoms in total. The van der Waals surface area contributed by atoms with Crippen LogP contribution in [0.3, 0.4) is 0 Å². The van der Waals surface area contributed by atoms with Crippen LogP contribution in [0.25, 0.3) is 5.76 Å². The van der Waals surface area contributed by atoms with Gasteiger partial charge in [-0.15, -0.1) is 0 Å². The first-order chi connectivity index (χ1) is 14.0. The van der Waals surface area contributed by atoms with Crippen molar-refractivity contribution in [3.63, 3.8) is 0 Å². The molecular formula is C23H25NO5. The van der Waals surface area contributed by atoms with Gasteiger partial charge in [-0.1, -0.05) is 30.3 Å². The first kappa shape index (κ1) is 20.6. The summed E-state index contributed by atoms with van der Waals surface area (Å²) in [7, 11) is 3.16. The van der Waals surface area contributed by atoms with Crippen LogP contribution in [0, 0.1) is 6.92 Å². The fourth-order valence-electron chi connectivity index (χ4n) is 3.65. The largest absolute Gasteiger partial charge is 0.507 e. The van der Waals surface area contributed by atoms with Crippen molar-refractivity contribution in [1.82, 2.24) is 4.90 Å².